The molecular formula is C27H28F3N5O3S. The predicted octanol–water partition coefficient (Wildman–Crippen LogP) is 5.72. The van der Waals surface area contributed by atoms with E-state index in [1.54, 1.807) is 30.2 Å². The van der Waals surface area contributed by atoms with Crippen LogP contribution in [0.3, 0.4) is 0 Å². The molecule has 5 rings (SSSR count). The first kappa shape index (κ1) is 27.0. The highest BCUT2D eigenvalue weighted by Gasteiger charge is 2.35. The molecule has 1 N–H and O–H groups in total. The summed E-state index contributed by atoms with van der Waals surface area (Å²) < 4.78 is 44.4. The van der Waals surface area contributed by atoms with E-state index >= 15 is 0 Å². The lowest BCUT2D eigenvalue weighted by atomic mass is 9.88. The van der Waals surface area contributed by atoms with Crippen molar-refractivity contribution in [2.75, 3.05) is 18.1 Å². The van der Waals surface area contributed by atoms with E-state index in [1.807, 2.05) is 6.92 Å². The summed E-state index contributed by atoms with van der Waals surface area (Å²) in [6, 6.07) is 2.65. The van der Waals surface area contributed by atoms with Crippen LogP contribution in [0.5, 0.6) is 5.75 Å². The van der Waals surface area contributed by atoms with Crippen LogP contribution in [0.15, 0.2) is 30.7 Å². The maximum atomic E-state index is 13.4. The molecule has 1 saturated carbocycles. The SMILES string of the molecule is Cc1cnc(-c2cc(C(=O)N[C@H](C)c3cnc(C(F)(F)F)nc3)cc3c2OCC(=O)N3CC2CCCCC2)s1. The van der Waals surface area contributed by atoms with Crippen LogP contribution in [0.1, 0.15) is 71.7 Å². The quantitative estimate of drug-likeness (QED) is 0.415. The lowest BCUT2D eigenvalue weighted by Gasteiger charge is -2.34. The van der Waals surface area contributed by atoms with Gasteiger partial charge >= 0.3 is 6.18 Å². The van der Waals surface area contributed by atoms with Gasteiger partial charge in [-0.1, -0.05) is 19.3 Å². The van der Waals surface area contributed by atoms with Crippen molar-refractivity contribution in [1.29, 1.82) is 0 Å². The minimum absolute atomic E-state index is 0.0897. The number of fused-ring (bicyclic) bond motifs is 1. The van der Waals surface area contributed by atoms with Gasteiger partial charge in [0.25, 0.3) is 11.8 Å². The van der Waals surface area contributed by atoms with Gasteiger partial charge in [0, 0.05) is 41.1 Å². The van der Waals surface area contributed by atoms with Gasteiger partial charge in [-0.2, -0.15) is 13.2 Å². The molecule has 8 nitrogen and oxygen atoms in total. The average molecular weight is 560 g/mol. The van der Waals surface area contributed by atoms with Crippen LogP contribution in [0.25, 0.3) is 10.6 Å². The second-order valence-electron chi connectivity index (χ2n) is 9.98. The van der Waals surface area contributed by atoms with E-state index in [9.17, 15) is 22.8 Å². The summed E-state index contributed by atoms with van der Waals surface area (Å²) in [5.41, 5.74) is 1.74. The van der Waals surface area contributed by atoms with Crippen molar-refractivity contribution in [2.45, 2.75) is 58.2 Å². The van der Waals surface area contributed by atoms with E-state index in [1.165, 1.54) is 17.8 Å². The summed E-state index contributed by atoms with van der Waals surface area (Å²) in [6.45, 7) is 4.02. The monoisotopic (exact) mass is 559 g/mol. The van der Waals surface area contributed by atoms with Gasteiger partial charge in [-0.15, -0.1) is 11.3 Å². The molecule has 3 aromatic rings. The van der Waals surface area contributed by atoms with Gasteiger partial charge in [0.15, 0.2) is 12.4 Å². The fraction of sp³-hybridized carbons (Fsp3) is 0.444. The Morgan fingerprint density at radius 3 is 2.51 bits per heavy atom. The number of nitrogens with zero attached hydrogens (tertiary/aromatic N) is 4. The highest BCUT2D eigenvalue weighted by Crippen LogP contribution is 2.44. The number of ether oxygens (including phenoxy) is 1. The number of hydrogen-bond acceptors (Lipinski definition) is 7. The Labute approximate surface area is 227 Å². The van der Waals surface area contributed by atoms with Gasteiger partial charge < -0.3 is 15.0 Å². The van der Waals surface area contributed by atoms with Gasteiger partial charge in [-0.3, -0.25) is 9.59 Å². The van der Waals surface area contributed by atoms with E-state index in [0.29, 0.717) is 40.0 Å². The maximum absolute atomic E-state index is 13.4. The summed E-state index contributed by atoms with van der Waals surface area (Å²) in [7, 11) is 0. The molecule has 2 aromatic heterocycles. The lowest BCUT2D eigenvalue weighted by Crippen LogP contribution is -2.42. The first-order chi connectivity index (χ1) is 18.6. The molecule has 1 atom stereocenters. The third kappa shape index (κ3) is 5.90. The van der Waals surface area contributed by atoms with Crippen LogP contribution in [0, 0.1) is 12.8 Å². The molecule has 39 heavy (non-hydrogen) atoms. The molecular weight excluding hydrogens is 531 g/mol. The highest BCUT2D eigenvalue weighted by atomic mass is 32.1. The van der Waals surface area contributed by atoms with Crippen molar-refractivity contribution in [3.05, 3.63) is 52.6 Å². The number of aryl methyl sites for hydroxylation is 1. The normalized spacial score (nSPS) is 16.9. The van der Waals surface area contributed by atoms with Crippen molar-refractivity contribution in [3.63, 3.8) is 0 Å². The van der Waals surface area contributed by atoms with Crippen LogP contribution in [-0.4, -0.2) is 39.9 Å². The van der Waals surface area contributed by atoms with E-state index in [0.717, 1.165) is 43.0 Å². The number of rotatable bonds is 6. The standard InChI is InChI=1S/C27H28F3N5O3S/c1-15-10-31-25(39-15)20-8-18(24(37)34-16(2)19-11-32-26(33-12-19)27(28,29)30)9-21-23(20)38-14-22(36)35(21)13-17-6-4-3-5-7-17/h8-12,16-17H,3-7,13-14H2,1-2H3,(H,34,37)/t16-/m1/s1. The van der Waals surface area contributed by atoms with E-state index in [4.69, 9.17) is 4.74 Å². The Bertz CT molecular complexity index is 1370. The molecule has 2 aliphatic rings. The second-order valence-corrected chi connectivity index (χ2v) is 11.2. The molecule has 206 valence electrons. The molecule has 12 heteroatoms. The summed E-state index contributed by atoms with van der Waals surface area (Å²) in [5.74, 6) is -0.986. The molecule has 1 aromatic carbocycles. The second kappa shape index (κ2) is 10.9. The molecule has 1 fully saturated rings. The molecule has 0 unspecified atom stereocenters. The van der Waals surface area contributed by atoms with Crippen molar-refractivity contribution in [1.82, 2.24) is 20.3 Å². The summed E-state index contributed by atoms with van der Waals surface area (Å²) in [5, 5.41) is 3.47. The van der Waals surface area contributed by atoms with Crippen LogP contribution in [0.2, 0.25) is 0 Å². The minimum atomic E-state index is -4.65. The Morgan fingerprint density at radius 2 is 1.87 bits per heavy atom. The number of benzene rings is 1. The molecule has 0 saturated heterocycles. The number of nitrogens with one attached hydrogen (secondary N) is 1. The Morgan fingerprint density at radius 1 is 1.15 bits per heavy atom. The van der Waals surface area contributed by atoms with Crippen LogP contribution >= 0.6 is 11.3 Å². The predicted molar refractivity (Wildman–Crippen MR) is 140 cm³/mol. The lowest BCUT2D eigenvalue weighted by molar-refractivity contribution is -0.145. The van der Waals surface area contributed by atoms with Crippen molar-refractivity contribution in [3.8, 4) is 16.3 Å². The Balaban J connectivity index is 1.47. The topological polar surface area (TPSA) is 97.3 Å². The summed E-state index contributed by atoms with van der Waals surface area (Å²) in [6.07, 6.45) is 4.75. The first-order valence-electron chi connectivity index (χ1n) is 12.8. The molecule has 3 heterocycles. The molecule has 0 spiro atoms. The Kier molecular flexibility index (Phi) is 7.57. The van der Waals surface area contributed by atoms with Crippen molar-refractivity contribution in [2.24, 2.45) is 5.92 Å². The van der Waals surface area contributed by atoms with Gasteiger partial charge in [-0.25, -0.2) is 15.0 Å². The summed E-state index contributed by atoms with van der Waals surface area (Å²) in [4.78, 5) is 40.4. The van der Waals surface area contributed by atoms with Crippen LogP contribution < -0.4 is 15.0 Å². The van der Waals surface area contributed by atoms with E-state index in [2.05, 4.69) is 20.3 Å². The smallest absolute Gasteiger partial charge is 0.451 e. The largest absolute Gasteiger partial charge is 0.481 e. The number of carbonyl (C=O) groups excluding carboxylic acids is 2. The number of anilines is 1. The van der Waals surface area contributed by atoms with Crippen LogP contribution in [-0.2, 0) is 11.0 Å². The van der Waals surface area contributed by atoms with Gasteiger partial charge in [-0.05, 0) is 44.7 Å². The number of hydrogen-bond donors (Lipinski definition) is 1. The minimum Gasteiger partial charge on any atom is -0.481 e. The fourth-order valence-corrected chi connectivity index (χ4v) is 5.76. The number of carbonyl (C=O) groups is 2. The van der Waals surface area contributed by atoms with E-state index < -0.39 is 23.9 Å². The molecule has 0 bridgehead atoms. The first-order valence-corrected chi connectivity index (χ1v) is 13.7. The summed E-state index contributed by atoms with van der Waals surface area (Å²) >= 11 is 1.45. The Hall–Kier alpha value is -3.54. The fourth-order valence-electron chi connectivity index (χ4n) is 4.98. The molecule has 0 radical (unpaired) electrons. The van der Waals surface area contributed by atoms with Gasteiger partial charge in [0.05, 0.1) is 17.3 Å². The number of alkyl halides is 3. The zero-order valence-corrected chi connectivity index (χ0v) is 22.4. The third-order valence-electron chi connectivity index (χ3n) is 7.05. The number of amides is 2. The highest BCUT2D eigenvalue weighted by molar-refractivity contribution is 7.15. The number of aromatic nitrogens is 3. The van der Waals surface area contributed by atoms with Gasteiger partial charge in [0.1, 0.15) is 5.01 Å². The molecule has 2 amide bonds. The number of halogens is 3. The van der Waals surface area contributed by atoms with Crippen molar-refractivity contribution >= 4 is 28.8 Å². The van der Waals surface area contributed by atoms with Gasteiger partial charge in [0.2, 0.25) is 5.82 Å². The maximum Gasteiger partial charge on any atom is 0.451 e. The average Bonchev–Trinajstić information content (AvgIpc) is 3.35. The number of thiazole rings is 1. The zero-order chi connectivity index (χ0) is 27.7. The van der Waals surface area contributed by atoms with E-state index in [-0.39, 0.29) is 18.1 Å². The van der Waals surface area contributed by atoms with Crippen molar-refractivity contribution < 1.29 is 27.5 Å². The third-order valence-corrected chi connectivity index (χ3v) is 8.00. The van der Waals surface area contributed by atoms with Crippen LogP contribution in [0.4, 0.5) is 18.9 Å². The molecule has 1 aliphatic carbocycles. The molecule has 1 aliphatic heterocycles. The zero-order valence-electron chi connectivity index (χ0n) is 21.5.